The summed E-state index contributed by atoms with van der Waals surface area (Å²) in [5.41, 5.74) is 1.05. The van der Waals surface area contributed by atoms with Gasteiger partial charge in [0.25, 0.3) is 0 Å². The second-order valence-corrected chi connectivity index (χ2v) is 5.95. The van der Waals surface area contributed by atoms with Crippen molar-refractivity contribution in [1.82, 2.24) is 9.97 Å². The van der Waals surface area contributed by atoms with E-state index in [0.29, 0.717) is 23.7 Å². The first-order chi connectivity index (χ1) is 13.4. The summed E-state index contributed by atoms with van der Waals surface area (Å²) in [6.07, 6.45) is -3.84. The van der Waals surface area contributed by atoms with Gasteiger partial charge in [-0.3, -0.25) is 0 Å². The van der Waals surface area contributed by atoms with Crippen LogP contribution >= 0.6 is 0 Å². The van der Waals surface area contributed by atoms with Crippen LogP contribution in [0.25, 0.3) is 0 Å². The number of ether oxygens (including phenoxy) is 1. The molecule has 1 heterocycles. The number of nitrogens with one attached hydrogen (secondary N) is 2. The summed E-state index contributed by atoms with van der Waals surface area (Å²) in [6.45, 7) is 4.06. The number of para-hydroxylation sites is 3. The molecule has 0 saturated heterocycles. The molecule has 0 atom stereocenters. The predicted molar refractivity (Wildman–Crippen MR) is 102 cm³/mol. The Labute approximate surface area is 160 Å². The van der Waals surface area contributed by atoms with Crippen molar-refractivity contribution in [2.24, 2.45) is 0 Å². The molecule has 0 spiro atoms. The van der Waals surface area contributed by atoms with E-state index in [1.54, 1.807) is 37.3 Å². The van der Waals surface area contributed by atoms with Gasteiger partial charge in [-0.15, -0.1) is 0 Å². The highest BCUT2D eigenvalue weighted by atomic mass is 19.4. The van der Waals surface area contributed by atoms with Crippen molar-refractivity contribution in [3.05, 3.63) is 65.9 Å². The second kappa shape index (κ2) is 8.16. The van der Waals surface area contributed by atoms with Crippen molar-refractivity contribution in [1.29, 1.82) is 0 Å². The third-order valence-corrected chi connectivity index (χ3v) is 3.93. The van der Waals surface area contributed by atoms with E-state index < -0.39 is 11.7 Å². The minimum absolute atomic E-state index is 0.0543. The molecule has 0 saturated carbocycles. The zero-order valence-electron chi connectivity index (χ0n) is 15.3. The summed E-state index contributed by atoms with van der Waals surface area (Å²) in [4.78, 5) is 7.89. The van der Waals surface area contributed by atoms with Crippen molar-refractivity contribution in [3.63, 3.8) is 0 Å². The SMILES string of the molecule is CCOc1ccccc1Nc1nc(Nc2ccccc2C)ncc1C(F)(F)F. The number of benzene rings is 2. The van der Waals surface area contributed by atoms with Gasteiger partial charge in [0.05, 0.1) is 12.3 Å². The van der Waals surface area contributed by atoms with Crippen LogP contribution in [0.15, 0.2) is 54.7 Å². The molecule has 2 N–H and O–H groups in total. The minimum atomic E-state index is -4.61. The first-order valence-electron chi connectivity index (χ1n) is 8.64. The largest absolute Gasteiger partial charge is 0.492 e. The number of hydrogen-bond acceptors (Lipinski definition) is 5. The maximum absolute atomic E-state index is 13.5. The van der Waals surface area contributed by atoms with Crippen molar-refractivity contribution in [2.75, 3.05) is 17.2 Å². The van der Waals surface area contributed by atoms with Gasteiger partial charge in [0.1, 0.15) is 17.1 Å². The molecule has 28 heavy (non-hydrogen) atoms. The van der Waals surface area contributed by atoms with E-state index in [2.05, 4.69) is 20.6 Å². The Morgan fingerprint density at radius 3 is 2.32 bits per heavy atom. The van der Waals surface area contributed by atoms with E-state index in [1.165, 1.54) is 0 Å². The van der Waals surface area contributed by atoms with Crippen molar-refractivity contribution < 1.29 is 17.9 Å². The first kappa shape index (κ1) is 19.5. The molecule has 0 aliphatic rings. The van der Waals surface area contributed by atoms with Gasteiger partial charge in [-0.05, 0) is 37.6 Å². The Morgan fingerprint density at radius 2 is 1.64 bits per heavy atom. The quantitative estimate of drug-likeness (QED) is 0.568. The van der Waals surface area contributed by atoms with Gasteiger partial charge in [0, 0.05) is 11.9 Å². The lowest BCUT2D eigenvalue weighted by Gasteiger charge is -2.17. The highest BCUT2D eigenvalue weighted by Gasteiger charge is 2.35. The zero-order chi connectivity index (χ0) is 20.1. The Balaban J connectivity index is 1.99. The molecule has 146 valence electrons. The summed E-state index contributed by atoms with van der Waals surface area (Å²) in [5.74, 6) is 0.134. The maximum atomic E-state index is 13.5. The van der Waals surface area contributed by atoms with E-state index in [9.17, 15) is 13.2 Å². The lowest BCUT2D eigenvalue weighted by atomic mass is 10.2. The molecule has 8 heteroatoms. The van der Waals surface area contributed by atoms with Crippen molar-refractivity contribution in [2.45, 2.75) is 20.0 Å². The van der Waals surface area contributed by atoms with E-state index in [1.807, 2.05) is 25.1 Å². The summed E-state index contributed by atoms with van der Waals surface area (Å²) < 4.78 is 45.8. The van der Waals surface area contributed by atoms with Crippen LogP contribution in [-0.2, 0) is 6.18 Å². The number of nitrogens with zero attached hydrogens (tertiary/aromatic N) is 2. The number of halogens is 3. The number of alkyl halides is 3. The molecule has 3 rings (SSSR count). The topological polar surface area (TPSA) is 59.1 Å². The molecule has 0 aliphatic carbocycles. The third-order valence-electron chi connectivity index (χ3n) is 3.93. The van der Waals surface area contributed by atoms with Crippen LogP contribution in [0, 0.1) is 6.92 Å². The van der Waals surface area contributed by atoms with Gasteiger partial charge in [-0.25, -0.2) is 4.98 Å². The van der Waals surface area contributed by atoms with Crippen molar-refractivity contribution in [3.8, 4) is 5.75 Å². The first-order valence-corrected chi connectivity index (χ1v) is 8.64. The Hall–Kier alpha value is -3.29. The Morgan fingerprint density at radius 1 is 0.964 bits per heavy atom. The van der Waals surface area contributed by atoms with Crippen LogP contribution in [-0.4, -0.2) is 16.6 Å². The molecule has 0 aliphatic heterocycles. The number of anilines is 4. The highest BCUT2D eigenvalue weighted by Crippen LogP contribution is 2.37. The predicted octanol–water partition coefficient (Wildman–Crippen LogP) is 5.69. The fourth-order valence-electron chi connectivity index (χ4n) is 2.56. The Kier molecular flexibility index (Phi) is 5.67. The van der Waals surface area contributed by atoms with Crippen LogP contribution in [0.5, 0.6) is 5.75 Å². The normalized spacial score (nSPS) is 11.2. The molecule has 0 unspecified atom stereocenters. The van der Waals surface area contributed by atoms with Crippen LogP contribution in [0.1, 0.15) is 18.1 Å². The summed E-state index contributed by atoms with van der Waals surface area (Å²) >= 11 is 0. The van der Waals surface area contributed by atoms with Gasteiger partial charge in [0.15, 0.2) is 0 Å². The molecule has 0 amide bonds. The van der Waals surface area contributed by atoms with Crippen LogP contribution in [0.2, 0.25) is 0 Å². The minimum Gasteiger partial charge on any atom is -0.492 e. The van der Waals surface area contributed by atoms with Gasteiger partial charge < -0.3 is 15.4 Å². The average molecular weight is 388 g/mol. The van der Waals surface area contributed by atoms with Gasteiger partial charge in [-0.1, -0.05) is 30.3 Å². The molecule has 2 aromatic carbocycles. The summed E-state index contributed by atoms with van der Waals surface area (Å²) in [5, 5.41) is 5.69. The Bertz CT molecular complexity index is 960. The second-order valence-electron chi connectivity index (χ2n) is 5.95. The maximum Gasteiger partial charge on any atom is 0.421 e. The van der Waals surface area contributed by atoms with E-state index in [-0.39, 0.29) is 11.8 Å². The fraction of sp³-hybridized carbons (Fsp3) is 0.200. The lowest BCUT2D eigenvalue weighted by Crippen LogP contribution is -2.13. The zero-order valence-corrected chi connectivity index (χ0v) is 15.3. The molecule has 1 aromatic heterocycles. The smallest absolute Gasteiger partial charge is 0.421 e. The van der Waals surface area contributed by atoms with Crippen LogP contribution < -0.4 is 15.4 Å². The standard InChI is InChI=1S/C20H19F3N4O/c1-3-28-17-11-7-6-10-16(17)25-18-14(20(21,22)23)12-24-19(27-18)26-15-9-5-4-8-13(15)2/h4-12H,3H2,1-2H3,(H2,24,25,26,27). The van der Waals surface area contributed by atoms with Crippen molar-refractivity contribution >= 4 is 23.1 Å². The molecule has 5 nitrogen and oxygen atoms in total. The molecule has 0 fully saturated rings. The third kappa shape index (κ3) is 4.51. The monoisotopic (exact) mass is 388 g/mol. The number of aromatic nitrogens is 2. The van der Waals surface area contributed by atoms with E-state index >= 15 is 0 Å². The van der Waals surface area contributed by atoms with Gasteiger partial charge in [0.2, 0.25) is 5.95 Å². The van der Waals surface area contributed by atoms with Gasteiger partial charge in [-0.2, -0.15) is 18.2 Å². The highest BCUT2D eigenvalue weighted by molar-refractivity contribution is 5.68. The summed E-state index contributed by atoms with van der Waals surface area (Å²) in [7, 11) is 0. The van der Waals surface area contributed by atoms with Gasteiger partial charge >= 0.3 is 6.18 Å². The van der Waals surface area contributed by atoms with E-state index in [0.717, 1.165) is 11.8 Å². The molecule has 0 radical (unpaired) electrons. The fourth-order valence-corrected chi connectivity index (χ4v) is 2.56. The number of rotatable bonds is 6. The number of hydrogen-bond donors (Lipinski definition) is 2. The van der Waals surface area contributed by atoms with E-state index in [4.69, 9.17) is 4.74 Å². The van der Waals surface area contributed by atoms with Crippen LogP contribution in [0.4, 0.5) is 36.3 Å². The lowest BCUT2D eigenvalue weighted by molar-refractivity contribution is -0.137. The molecular weight excluding hydrogens is 369 g/mol. The molecule has 3 aromatic rings. The average Bonchev–Trinajstić information content (AvgIpc) is 2.65. The van der Waals surface area contributed by atoms with Crippen LogP contribution in [0.3, 0.4) is 0 Å². The number of aryl methyl sites for hydroxylation is 1. The summed E-state index contributed by atoms with van der Waals surface area (Å²) in [6, 6.07) is 14.1. The molecule has 0 bridgehead atoms. The molecular formula is C20H19F3N4O.